The Balaban J connectivity index is 1.08. The number of carbonyl (C=O) groups excluding carboxylic acids is 1. The molecule has 4 atom stereocenters. The van der Waals surface area contributed by atoms with Crippen molar-refractivity contribution in [1.82, 2.24) is 10.6 Å². The molecule has 4 aliphatic carbocycles. The van der Waals surface area contributed by atoms with Gasteiger partial charge in [0.15, 0.2) is 6.29 Å². The zero-order valence-electron chi connectivity index (χ0n) is 24.0. The van der Waals surface area contributed by atoms with E-state index < -0.39 is 6.29 Å². The minimum absolute atomic E-state index is 0.0104. The van der Waals surface area contributed by atoms with Gasteiger partial charge in [0, 0.05) is 35.1 Å². The molecule has 0 aromatic heterocycles. The summed E-state index contributed by atoms with van der Waals surface area (Å²) in [7, 11) is 0. The fourth-order valence-corrected chi connectivity index (χ4v) is 9.01. The summed E-state index contributed by atoms with van der Waals surface area (Å²) in [6.07, 6.45) is 6.81. The topological polar surface area (TPSA) is 100 Å². The highest BCUT2D eigenvalue weighted by atomic mass is 32.2. The third-order valence-electron chi connectivity index (χ3n) is 9.76. The molecule has 2 aromatic rings. The molecular weight excluding hydrogens is 536 g/mol. The number of ether oxygens (including phenoxy) is 2. The summed E-state index contributed by atoms with van der Waals surface area (Å²) < 4.78 is 13.0. The molecule has 222 valence electrons. The van der Waals surface area contributed by atoms with E-state index in [9.17, 15) is 15.0 Å². The summed E-state index contributed by atoms with van der Waals surface area (Å²) in [5.41, 5.74) is 3.91. The van der Waals surface area contributed by atoms with Crippen LogP contribution in [-0.2, 0) is 22.6 Å². The Morgan fingerprint density at radius 1 is 0.902 bits per heavy atom. The highest BCUT2D eigenvalue weighted by molar-refractivity contribution is 7.99. The van der Waals surface area contributed by atoms with E-state index in [1.807, 2.05) is 48.5 Å². The van der Waals surface area contributed by atoms with Crippen molar-refractivity contribution >= 4 is 17.8 Å². The number of thioether (sulfide) groups is 1. The minimum atomic E-state index is -0.519. The van der Waals surface area contributed by atoms with Gasteiger partial charge in [0.1, 0.15) is 0 Å². The second-order valence-corrected chi connectivity index (χ2v) is 14.0. The van der Waals surface area contributed by atoms with Gasteiger partial charge in [0.05, 0.1) is 25.4 Å². The van der Waals surface area contributed by atoms with E-state index >= 15 is 0 Å². The van der Waals surface area contributed by atoms with Crippen LogP contribution in [0.25, 0.3) is 0 Å². The molecule has 41 heavy (non-hydrogen) atoms. The van der Waals surface area contributed by atoms with Crippen LogP contribution in [0, 0.1) is 23.7 Å². The van der Waals surface area contributed by atoms with Crippen molar-refractivity contribution in [3.05, 3.63) is 70.8 Å². The van der Waals surface area contributed by atoms with E-state index in [4.69, 9.17) is 9.47 Å². The summed E-state index contributed by atoms with van der Waals surface area (Å²) in [6.45, 7) is 2.78. The zero-order chi connectivity index (χ0) is 28.4. The van der Waals surface area contributed by atoms with Gasteiger partial charge in [-0.2, -0.15) is 11.8 Å². The molecule has 1 saturated heterocycles. The Morgan fingerprint density at radius 3 is 2.12 bits per heavy atom. The minimum Gasteiger partial charge on any atom is -0.396 e. The lowest BCUT2D eigenvalue weighted by molar-refractivity contribution is -0.268. The average molecular weight is 581 g/mol. The maximum Gasteiger partial charge on any atom is 0.315 e. The van der Waals surface area contributed by atoms with E-state index in [-0.39, 0.29) is 42.9 Å². The molecule has 2 amide bonds. The van der Waals surface area contributed by atoms with Crippen LogP contribution in [0.4, 0.5) is 4.79 Å². The van der Waals surface area contributed by atoms with Crippen molar-refractivity contribution in [3.8, 4) is 0 Å². The molecule has 7 rings (SSSR count). The van der Waals surface area contributed by atoms with Crippen LogP contribution in [0.2, 0.25) is 0 Å². The van der Waals surface area contributed by atoms with Crippen LogP contribution >= 0.6 is 11.8 Å². The van der Waals surface area contributed by atoms with E-state index in [0.29, 0.717) is 12.3 Å². The van der Waals surface area contributed by atoms with Gasteiger partial charge in [-0.05, 0) is 73.0 Å². The second-order valence-electron chi connectivity index (χ2n) is 12.9. The van der Waals surface area contributed by atoms with Crippen molar-refractivity contribution in [3.63, 3.8) is 0 Å². The number of rotatable bonds is 10. The maximum atomic E-state index is 12.9. The van der Waals surface area contributed by atoms with Crippen LogP contribution < -0.4 is 10.6 Å². The third kappa shape index (κ3) is 6.62. The van der Waals surface area contributed by atoms with Crippen molar-refractivity contribution in [2.24, 2.45) is 23.7 Å². The number of aliphatic hydroxyl groups excluding tert-OH is 2. The molecule has 5 aliphatic rings. The van der Waals surface area contributed by atoms with Crippen LogP contribution in [0.15, 0.2) is 48.5 Å². The Morgan fingerprint density at radius 2 is 1.51 bits per heavy atom. The average Bonchev–Trinajstić information content (AvgIpc) is 2.96. The highest BCUT2D eigenvalue weighted by Crippen LogP contribution is 2.55. The Bertz CT molecular complexity index is 1140. The Kier molecular flexibility index (Phi) is 8.94. The summed E-state index contributed by atoms with van der Waals surface area (Å²) in [6, 6.07) is 16.0. The zero-order valence-corrected chi connectivity index (χ0v) is 24.8. The molecule has 2 aromatic carbocycles. The Hall–Kier alpha value is -2.10. The fraction of sp³-hybridized carbons (Fsp3) is 0.606. The first-order valence-electron chi connectivity index (χ1n) is 15.3. The number of nitrogens with one attached hydrogen (secondary N) is 2. The molecular formula is C33H44N2O5S. The van der Waals surface area contributed by atoms with Gasteiger partial charge in [-0.3, -0.25) is 0 Å². The molecule has 1 heterocycles. The molecule has 4 bridgehead atoms. The van der Waals surface area contributed by atoms with E-state index in [0.717, 1.165) is 65.0 Å². The predicted molar refractivity (Wildman–Crippen MR) is 160 cm³/mol. The molecule has 4 unspecified atom stereocenters. The lowest BCUT2D eigenvalue weighted by Gasteiger charge is -2.56. The lowest BCUT2D eigenvalue weighted by Crippen LogP contribution is -2.61. The van der Waals surface area contributed by atoms with Crippen LogP contribution in [0.3, 0.4) is 0 Å². The van der Waals surface area contributed by atoms with Crippen LogP contribution in [0.5, 0.6) is 0 Å². The number of hydrogen-bond acceptors (Lipinski definition) is 6. The standard InChI is InChI=1S/C33H44N2O5S/c1-21-29(20-41-11-10-36)39-31(40-30(21)27-6-4-23(19-37)5-7-27)28-8-2-22(3-9-28)18-34-32(38)35-33-15-24-12-25(16-33)14-26(13-24)17-33/h2-9,21,24-26,29-31,36-37H,10-20H2,1H3,(H2,34,35,38). The first-order valence-corrected chi connectivity index (χ1v) is 16.4. The smallest absolute Gasteiger partial charge is 0.315 e. The van der Waals surface area contributed by atoms with Crippen molar-refractivity contribution < 1.29 is 24.5 Å². The molecule has 8 heteroatoms. The summed E-state index contributed by atoms with van der Waals surface area (Å²) in [4.78, 5) is 12.9. The Labute approximate surface area is 247 Å². The van der Waals surface area contributed by atoms with Gasteiger partial charge >= 0.3 is 6.03 Å². The van der Waals surface area contributed by atoms with Gasteiger partial charge in [-0.25, -0.2) is 4.79 Å². The summed E-state index contributed by atoms with van der Waals surface area (Å²) >= 11 is 1.69. The molecule has 4 saturated carbocycles. The lowest BCUT2D eigenvalue weighted by atomic mass is 9.53. The van der Waals surface area contributed by atoms with Gasteiger partial charge < -0.3 is 30.3 Å². The molecule has 5 fully saturated rings. The van der Waals surface area contributed by atoms with Crippen molar-refractivity contribution in [2.45, 2.75) is 82.6 Å². The normalized spacial score (nSPS) is 34.0. The number of carbonyl (C=O) groups is 1. The van der Waals surface area contributed by atoms with Gasteiger partial charge in [-0.1, -0.05) is 55.5 Å². The maximum absolute atomic E-state index is 12.9. The molecule has 1 aliphatic heterocycles. The van der Waals surface area contributed by atoms with Gasteiger partial charge in [-0.15, -0.1) is 0 Å². The van der Waals surface area contributed by atoms with Gasteiger partial charge in [0.2, 0.25) is 0 Å². The third-order valence-corrected chi connectivity index (χ3v) is 10.8. The fourth-order valence-electron chi connectivity index (χ4n) is 8.10. The number of urea groups is 1. The van der Waals surface area contributed by atoms with E-state index in [2.05, 4.69) is 17.6 Å². The largest absolute Gasteiger partial charge is 0.396 e. The van der Waals surface area contributed by atoms with Crippen LogP contribution in [0.1, 0.15) is 80.1 Å². The molecule has 0 radical (unpaired) electrons. The number of aliphatic hydroxyl groups is 2. The van der Waals surface area contributed by atoms with Crippen molar-refractivity contribution in [2.75, 3.05) is 18.1 Å². The second kappa shape index (κ2) is 12.6. The van der Waals surface area contributed by atoms with E-state index in [1.165, 1.54) is 19.3 Å². The number of amides is 2. The number of benzene rings is 2. The van der Waals surface area contributed by atoms with Crippen molar-refractivity contribution in [1.29, 1.82) is 0 Å². The molecule has 4 N–H and O–H groups in total. The predicted octanol–water partition coefficient (Wildman–Crippen LogP) is 5.46. The summed E-state index contributed by atoms with van der Waals surface area (Å²) in [5, 5.41) is 25.2. The van der Waals surface area contributed by atoms with Gasteiger partial charge in [0.25, 0.3) is 0 Å². The first kappa shape index (κ1) is 29.0. The van der Waals surface area contributed by atoms with Crippen LogP contribution in [-0.4, -0.2) is 46.0 Å². The molecule has 0 spiro atoms. The first-order chi connectivity index (χ1) is 19.9. The monoisotopic (exact) mass is 580 g/mol. The van der Waals surface area contributed by atoms with E-state index in [1.54, 1.807) is 11.8 Å². The number of hydrogen-bond donors (Lipinski definition) is 4. The quantitative estimate of drug-likeness (QED) is 0.279. The SMILES string of the molecule is CC1C(CSCCO)OC(c2ccc(CNC(=O)NC34CC5CC(CC(C5)C3)C4)cc2)OC1c1ccc(CO)cc1. The summed E-state index contributed by atoms with van der Waals surface area (Å²) in [5.74, 6) is 3.96. The highest BCUT2D eigenvalue weighted by Gasteiger charge is 2.51. The molecule has 7 nitrogen and oxygen atoms in total.